The molecule has 0 aliphatic rings. The zero-order valence-electron chi connectivity index (χ0n) is 11.7. The molecule has 0 fully saturated rings. The van der Waals surface area contributed by atoms with Gasteiger partial charge in [-0.3, -0.25) is 4.79 Å². The van der Waals surface area contributed by atoms with Gasteiger partial charge in [-0.25, -0.2) is 0 Å². The van der Waals surface area contributed by atoms with Crippen molar-refractivity contribution in [3.8, 4) is 11.5 Å². The van der Waals surface area contributed by atoms with Crippen molar-refractivity contribution in [2.24, 2.45) is 5.92 Å². The Morgan fingerprint density at radius 1 is 1.26 bits per heavy atom. The minimum atomic E-state index is -0.835. The summed E-state index contributed by atoms with van der Waals surface area (Å²) in [5, 5.41) is 9.01. The van der Waals surface area contributed by atoms with Gasteiger partial charge in [0.15, 0.2) is 11.5 Å². The van der Waals surface area contributed by atoms with Crippen LogP contribution < -0.4 is 9.47 Å². The van der Waals surface area contributed by atoms with Gasteiger partial charge in [-0.05, 0) is 29.7 Å². The van der Waals surface area contributed by atoms with E-state index >= 15 is 0 Å². The maximum atomic E-state index is 11.0. The second-order valence-electron chi connectivity index (χ2n) is 4.37. The molecule has 0 heterocycles. The number of methoxy groups -OCH3 is 3. The Bertz CT molecular complexity index is 442. The average molecular weight is 268 g/mol. The van der Waals surface area contributed by atoms with Crippen molar-refractivity contribution < 1.29 is 24.1 Å². The zero-order valence-corrected chi connectivity index (χ0v) is 11.7. The first kappa shape index (κ1) is 15.3. The van der Waals surface area contributed by atoms with Crippen LogP contribution in [-0.2, 0) is 22.6 Å². The molecule has 1 unspecified atom stereocenters. The van der Waals surface area contributed by atoms with Crippen LogP contribution in [-0.4, -0.2) is 32.4 Å². The summed E-state index contributed by atoms with van der Waals surface area (Å²) in [6, 6.07) is 3.72. The van der Waals surface area contributed by atoms with Crippen LogP contribution in [0.4, 0.5) is 0 Å². The van der Waals surface area contributed by atoms with Crippen molar-refractivity contribution >= 4 is 5.97 Å². The summed E-state index contributed by atoms with van der Waals surface area (Å²) in [5.41, 5.74) is 1.73. The van der Waals surface area contributed by atoms with E-state index in [1.54, 1.807) is 28.3 Å². The first-order chi connectivity index (χ1) is 9.03. The smallest absolute Gasteiger partial charge is 0.306 e. The van der Waals surface area contributed by atoms with E-state index in [1.165, 1.54) is 0 Å². The summed E-state index contributed by atoms with van der Waals surface area (Å²) in [6.45, 7) is 2.10. The summed E-state index contributed by atoms with van der Waals surface area (Å²) in [5.74, 6) is -0.158. The summed E-state index contributed by atoms with van der Waals surface area (Å²) < 4.78 is 15.7. The van der Waals surface area contributed by atoms with Gasteiger partial charge in [0.25, 0.3) is 0 Å². The summed E-state index contributed by atoms with van der Waals surface area (Å²) in [6.07, 6.45) is 0.381. The molecule has 0 spiro atoms. The highest BCUT2D eigenvalue weighted by molar-refractivity contribution is 5.70. The highest BCUT2D eigenvalue weighted by atomic mass is 16.5. The van der Waals surface area contributed by atoms with Crippen LogP contribution in [0, 0.1) is 5.92 Å². The van der Waals surface area contributed by atoms with Gasteiger partial charge in [-0.15, -0.1) is 0 Å². The fraction of sp³-hybridized carbons (Fsp3) is 0.500. The topological polar surface area (TPSA) is 65.0 Å². The predicted molar refractivity (Wildman–Crippen MR) is 70.8 cm³/mol. The molecule has 1 aromatic rings. The molecule has 0 radical (unpaired) electrons. The van der Waals surface area contributed by atoms with Crippen LogP contribution in [0.3, 0.4) is 0 Å². The van der Waals surface area contributed by atoms with Gasteiger partial charge in [0, 0.05) is 7.11 Å². The molecule has 106 valence electrons. The lowest BCUT2D eigenvalue weighted by molar-refractivity contribution is -0.141. The second kappa shape index (κ2) is 6.99. The van der Waals surface area contributed by atoms with E-state index in [0.717, 1.165) is 11.1 Å². The Balaban J connectivity index is 3.17. The lowest BCUT2D eigenvalue weighted by atomic mass is 9.98. The number of ether oxygens (including phenoxy) is 3. The molecule has 5 heteroatoms. The number of benzene rings is 1. The number of carbonyl (C=O) groups is 1. The van der Waals surface area contributed by atoms with E-state index in [1.807, 2.05) is 12.1 Å². The van der Waals surface area contributed by atoms with E-state index in [4.69, 9.17) is 19.3 Å². The number of carboxylic acid groups (broad SMARTS) is 1. The monoisotopic (exact) mass is 268 g/mol. The Hall–Kier alpha value is -1.75. The first-order valence-corrected chi connectivity index (χ1v) is 5.99. The third-order valence-electron chi connectivity index (χ3n) is 2.87. The van der Waals surface area contributed by atoms with Crippen molar-refractivity contribution in [2.75, 3.05) is 21.3 Å². The molecular weight excluding hydrogens is 248 g/mol. The van der Waals surface area contributed by atoms with Gasteiger partial charge in [0.1, 0.15) is 0 Å². The third kappa shape index (κ3) is 3.86. The molecule has 0 amide bonds. The van der Waals surface area contributed by atoms with Crippen LogP contribution in [0.2, 0.25) is 0 Å². The fourth-order valence-electron chi connectivity index (χ4n) is 1.93. The molecule has 1 N–H and O–H groups in total. The molecule has 19 heavy (non-hydrogen) atoms. The van der Waals surface area contributed by atoms with E-state index in [2.05, 4.69) is 0 Å². The Labute approximate surface area is 113 Å². The van der Waals surface area contributed by atoms with Crippen LogP contribution in [0.25, 0.3) is 0 Å². The summed E-state index contributed by atoms with van der Waals surface area (Å²) in [4.78, 5) is 11.0. The predicted octanol–water partition coefficient (Wildman–Crippen LogP) is 2.11. The molecule has 0 aliphatic heterocycles. The van der Waals surface area contributed by atoms with Gasteiger partial charge in [-0.2, -0.15) is 0 Å². The van der Waals surface area contributed by atoms with Crippen LogP contribution in [0.1, 0.15) is 18.1 Å². The molecular formula is C14H20O5. The van der Waals surface area contributed by atoms with E-state index < -0.39 is 11.9 Å². The van der Waals surface area contributed by atoms with Crippen LogP contribution in [0.5, 0.6) is 11.5 Å². The minimum absolute atomic E-state index is 0.381. The molecule has 0 aliphatic carbocycles. The summed E-state index contributed by atoms with van der Waals surface area (Å²) >= 11 is 0. The van der Waals surface area contributed by atoms with Gasteiger partial charge in [0.2, 0.25) is 0 Å². The van der Waals surface area contributed by atoms with E-state index in [-0.39, 0.29) is 0 Å². The largest absolute Gasteiger partial charge is 0.493 e. The number of carboxylic acids is 1. The van der Waals surface area contributed by atoms with E-state index in [9.17, 15) is 4.79 Å². The Kier molecular flexibility index (Phi) is 5.63. The molecule has 0 bridgehead atoms. The van der Waals surface area contributed by atoms with E-state index in [0.29, 0.717) is 24.5 Å². The van der Waals surface area contributed by atoms with Crippen molar-refractivity contribution in [1.82, 2.24) is 0 Å². The molecule has 1 aromatic carbocycles. The molecule has 1 rings (SSSR count). The van der Waals surface area contributed by atoms with Crippen molar-refractivity contribution in [3.05, 3.63) is 23.3 Å². The second-order valence-corrected chi connectivity index (χ2v) is 4.37. The minimum Gasteiger partial charge on any atom is -0.493 e. The first-order valence-electron chi connectivity index (χ1n) is 5.99. The molecule has 0 aromatic heterocycles. The fourth-order valence-corrected chi connectivity index (χ4v) is 1.93. The zero-order chi connectivity index (χ0) is 14.4. The van der Waals surface area contributed by atoms with Gasteiger partial charge in [0.05, 0.1) is 26.7 Å². The normalized spacial score (nSPS) is 12.0. The van der Waals surface area contributed by atoms with Crippen LogP contribution >= 0.6 is 0 Å². The Morgan fingerprint density at radius 2 is 1.95 bits per heavy atom. The van der Waals surface area contributed by atoms with Crippen molar-refractivity contribution in [2.45, 2.75) is 20.0 Å². The summed E-state index contributed by atoms with van der Waals surface area (Å²) in [7, 11) is 4.71. The number of rotatable bonds is 7. The Morgan fingerprint density at radius 3 is 2.42 bits per heavy atom. The van der Waals surface area contributed by atoms with Gasteiger partial charge >= 0.3 is 5.97 Å². The lowest BCUT2D eigenvalue weighted by Crippen LogP contribution is -2.13. The maximum absolute atomic E-state index is 11.0. The van der Waals surface area contributed by atoms with Gasteiger partial charge in [-0.1, -0.05) is 6.92 Å². The molecule has 1 atom stereocenters. The molecule has 0 saturated heterocycles. The quantitative estimate of drug-likeness (QED) is 0.820. The van der Waals surface area contributed by atoms with Crippen molar-refractivity contribution in [3.63, 3.8) is 0 Å². The van der Waals surface area contributed by atoms with Crippen LogP contribution in [0.15, 0.2) is 12.1 Å². The molecule has 5 nitrogen and oxygen atoms in total. The SMILES string of the molecule is COCc1cc(CC(C)C(=O)O)c(OC)c(OC)c1. The number of aliphatic carboxylic acids is 1. The third-order valence-corrected chi connectivity index (χ3v) is 2.87. The lowest BCUT2D eigenvalue weighted by Gasteiger charge is -2.16. The highest BCUT2D eigenvalue weighted by Gasteiger charge is 2.18. The van der Waals surface area contributed by atoms with Gasteiger partial charge < -0.3 is 19.3 Å². The maximum Gasteiger partial charge on any atom is 0.306 e. The average Bonchev–Trinajstić information content (AvgIpc) is 2.38. The number of hydrogen-bond donors (Lipinski definition) is 1. The number of hydrogen-bond acceptors (Lipinski definition) is 4. The highest BCUT2D eigenvalue weighted by Crippen LogP contribution is 2.34. The standard InChI is InChI=1S/C14H20O5/c1-9(14(15)16)5-11-6-10(8-17-2)7-12(18-3)13(11)19-4/h6-7,9H,5,8H2,1-4H3,(H,15,16). The molecule has 0 saturated carbocycles. The van der Waals surface area contributed by atoms with Crippen molar-refractivity contribution in [1.29, 1.82) is 0 Å².